The Kier molecular flexibility index (Phi) is 5.49. The average Bonchev–Trinajstić information content (AvgIpc) is 2.97. The van der Waals surface area contributed by atoms with Gasteiger partial charge in [0.25, 0.3) is 11.8 Å². The van der Waals surface area contributed by atoms with E-state index in [4.69, 9.17) is 9.47 Å². The number of rotatable bonds is 4. The number of methoxy groups -OCH3 is 1. The van der Waals surface area contributed by atoms with Crippen molar-refractivity contribution in [3.05, 3.63) is 65.4 Å². The molecule has 6 nitrogen and oxygen atoms in total. The van der Waals surface area contributed by atoms with Gasteiger partial charge in [0.2, 0.25) is 0 Å². The Morgan fingerprint density at radius 3 is 2.32 bits per heavy atom. The van der Waals surface area contributed by atoms with Gasteiger partial charge >= 0.3 is 0 Å². The highest BCUT2D eigenvalue weighted by Crippen LogP contribution is 2.39. The van der Waals surface area contributed by atoms with Gasteiger partial charge in [-0.05, 0) is 32.0 Å². The Labute approximate surface area is 178 Å². The summed E-state index contributed by atoms with van der Waals surface area (Å²) in [5, 5.41) is 0. The molecule has 0 bridgehead atoms. The van der Waals surface area contributed by atoms with E-state index in [0.29, 0.717) is 30.5 Å². The molecule has 162 valence electrons. The highest BCUT2D eigenvalue weighted by Gasteiger charge is 2.45. The zero-order chi connectivity index (χ0) is 22.3. The summed E-state index contributed by atoms with van der Waals surface area (Å²) in [6.07, 6.45) is -0.343. The van der Waals surface area contributed by atoms with Gasteiger partial charge < -0.3 is 14.4 Å². The monoisotopic (exact) mass is 428 g/mol. The number of hydrogen-bond acceptors (Lipinski definition) is 5. The van der Waals surface area contributed by atoms with E-state index in [1.165, 1.54) is 7.11 Å². The second kappa shape index (κ2) is 8.11. The number of imide groups is 1. The molecule has 0 spiro atoms. The lowest BCUT2D eigenvalue weighted by Gasteiger charge is -2.37. The lowest BCUT2D eigenvalue weighted by molar-refractivity contribution is -0.121. The quantitative estimate of drug-likeness (QED) is 0.699. The van der Waals surface area contributed by atoms with Crippen LogP contribution < -0.4 is 9.64 Å². The van der Waals surface area contributed by atoms with Crippen LogP contribution in [0, 0.1) is 11.6 Å². The predicted molar refractivity (Wildman–Crippen MR) is 110 cm³/mol. The average molecular weight is 428 g/mol. The number of nitrogens with zero attached hydrogens (tertiary/aromatic N) is 2. The number of hydrogen-bond donors (Lipinski definition) is 0. The smallest absolute Gasteiger partial charge is 0.282 e. The van der Waals surface area contributed by atoms with Crippen molar-refractivity contribution < 1.29 is 27.8 Å². The molecule has 0 N–H and O–H groups in total. The second-order valence-corrected chi connectivity index (χ2v) is 7.63. The number of morpholine rings is 1. The Morgan fingerprint density at radius 2 is 1.68 bits per heavy atom. The minimum absolute atomic E-state index is 0.118. The summed E-state index contributed by atoms with van der Waals surface area (Å²) in [7, 11) is 1.47. The zero-order valence-corrected chi connectivity index (χ0v) is 17.4. The van der Waals surface area contributed by atoms with Crippen LogP contribution in [0.3, 0.4) is 0 Å². The first kappa shape index (κ1) is 21.0. The van der Waals surface area contributed by atoms with Gasteiger partial charge in [0, 0.05) is 24.7 Å². The van der Waals surface area contributed by atoms with Crippen LogP contribution in [0.25, 0.3) is 5.57 Å². The summed E-state index contributed by atoms with van der Waals surface area (Å²) in [5.74, 6) is -2.74. The maximum Gasteiger partial charge on any atom is 0.282 e. The Bertz CT molecular complexity index is 1070. The Hall–Kier alpha value is -3.26. The molecule has 0 aliphatic carbocycles. The maximum absolute atomic E-state index is 14.6. The van der Waals surface area contributed by atoms with Gasteiger partial charge in [-0.15, -0.1) is 0 Å². The first-order valence-electron chi connectivity index (χ1n) is 9.93. The van der Waals surface area contributed by atoms with Crippen molar-refractivity contribution in [1.29, 1.82) is 0 Å². The summed E-state index contributed by atoms with van der Waals surface area (Å²) in [4.78, 5) is 29.6. The second-order valence-electron chi connectivity index (χ2n) is 7.63. The van der Waals surface area contributed by atoms with Crippen LogP contribution in [0.5, 0.6) is 5.75 Å². The lowest BCUT2D eigenvalue weighted by atomic mass is 10.0. The zero-order valence-electron chi connectivity index (χ0n) is 17.4. The fourth-order valence-corrected chi connectivity index (χ4v) is 4.15. The fourth-order valence-electron chi connectivity index (χ4n) is 4.15. The minimum Gasteiger partial charge on any atom is -0.496 e. The third kappa shape index (κ3) is 3.67. The Morgan fingerprint density at radius 1 is 1.00 bits per heavy atom. The van der Waals surface area contributed by atoms with Crippen molar-refractivity contribution in [2.24, 2.45) is 0 Å². The lowest BCUT2D eigenvalue weighted by Crippen LogP contribution is -2.47. The van der Waals surface area contributed by atoms with Crippen molar-refractivity contribution in [2.45, 2.75) is 26.1 Å². The van der Waals surface area contributed by atoms with Gasteiger partial charge in [-0.2, -0.15) is 0 Å². The van der Waals surface area contributed by atoms with Gasteiger partial charge in [-0.1, -0.05) is 18.2 Å². The van der Waals surface area contributed by atoms with Crippen molar-refractivity contribution in [3.8, 4) is 5.75 Å². The van der Waals surface area contributed by atoms with Gasteiger partial charge in [0.1, 0.15) is 23.1 Å². The van der Waals surface area contributed by atoms with Crippen LogP contribution in [0.15, 0.2) is 48.2 Å². The summed E-state index contributed by atoms with van der Waals surface area (Å²) in [5.41, 5.74) is 0.399. The first-order chi connectivity index (χ1) is 14.8. The molecule has 2 aromatic rings. The van der Waals surface area contributed by atoms with Crippen molar-refractivity contribution in [1.82, 2.24) is 4.90 Å². The van der Waals surface area contributed by atoms with Gasteiger partial charge in [-0.3, -0.25) is 9.59 Å². The molecular weight excluding hydrogens is 406 g/mol. The molecule has 31 heavy (non-hydrogen) atoms. The Balaban J connectivity index is 1.89. The van der Waals surface area contributed by atoms with E-state index in [1.807, 2.05) is 13.8 Å². The topological polar surface area (TPSA) is 59.1 Å². The molecule has 0 radical (unpaired) electrons. The van der Waals surface area contributed by atoms with E-state index < -0.39 is 23.4 Å². The molecule has 0 aromatic heterocycles. The van der Waals surface area contributed by atoms with Gasteiger partial charge in [0.05, 0.1) is 30.6 Å². The number of halogens is 2. The largest absolute Gasteiger partial charge is 0.496 e. The SMILES string of the molecule is COc1ccccc1C1=C(N2CC(C)OC(C)C2)C(=O)N(c2ccc(F)cc2F)C1=O. The molecule has 2 atom stereocenters. The number of para-hydroxylation sites is 1. The summed E-state index contributed by atoms with van der Waals surface area (Å²) < 4.78 is 39.2. The number of carbonyl (C=O) groups excluding carboxylic acids is 2. The highest BCUT2D eigenvalue weighted by molar-refractivity contribution is 6.45. The molecule has 1 fully saturated rings. The van der Waals surface area contributed by atoms with Crippen molar-refractivity contribution in [2.75, 3.05) is 25.1 Å². The molecule has 2 heterocycles. The molecule has 1 saturated heterocycles. The third-order valence-electron chi connectivity index (χ3n) is 5.32. The molecule has 2 unspecified atom stereocenters. The summed E-state index contributed by atoms with van der Waals surface area (Å²) in [6.45, 7) is 4.53. The summed E-state index contributed by atoms with van der Waals surface area (Å²) >= 11 is 0. The summed E-state index contributed by atoms with van der Waals surface area (Å²) in [6, 6.07) is 9.59. The molecule has 4 rings (SSSR count). The van der Waals surface area contributed by atoms with E-state index in [0.717, 1.165) is 17.0 Å². The van der Waals surface area contributed by atoms with E-state index in [-0.39, 0.29) is 29.2 Å². The standard InChI is InChI=1S/C23H22F2N2O4/c1-13-11-26(12-14(2)31-13)21-20(16-6-4-5-7-19(16)30-3)22(28)27(23(21)29)18-9-8-15(24)10-17(18)25/h4-10,13-14H,11-12H2,1-3H3. The van der Waals surface area contributed by atoms with Crippen LogP contribution in [-0.2, 0) is 14.3 Å². The van der Waals surface area contributed by atoms with Crippen molar-refractivity contribution >= 4 is 23.1 Å². The molecule has 2 aliphatic rings. The molecule has 2 aromatic carbocycles. The van der Waals surface area contributed by atoms with Crippen LogP contribution in [0.4, 0.5) is 14.5 Å². The number of anilines is 1. The molecule has 0 saturated carbocycles. The highest BCUT2D eigenvalue weighted by atomic mass is 19.1. The van der Waals surface area contributed by atoms with E-state index >= 15 is 0 Å². The fraction of sp³-hybridized carbons (Fsp3) is 0.304. The first-order valence-corrected chi connectivity index (χ1v) is 9.93. The number of carbonyl (C=O) groups is 2. The maximum atomic E-state index is 14.6. The van der Waals surface area contributed by atoms with E-state index in [9.17, 15) is 18.4 Å². The molecular formula is C23H22F2N2O4. The van der Waals surface area contributed by atoms with E-state index in [1.54, 1.807) is 29.2 Å². The van der Waals surface area contributed by atoms with E-state index in [2.05, 4.69) is 0 Å². The van der Waals surface area contributed by atoms with Crippen LogP contribution >= 0.6 is 0 Å². The number of benzene rings is 2. The normalized spacial score (nSPS) is 21.8. The molecule has 8 heteroatoms. The predicted octanol–water partition coefficient (Wildman–Crippen LogP) is 3.37. The number of amides is 2. The van der Waals surface area contributed by atoms with Gasteiger partial charge in [-0.25, -0.2) is 13.7 Å². The van der Waals surface area contributed by atoms with Crippen LogP contribution in [0.2, 0.25) is 0 Å². The van der Waals surface area contributed by atoms with Crippen molar-refractivity contribution in [3.63, 3.8) is 0 Å². The van der Waals surface area contributed by atoms with Crippen LogP contribution in [0.1, 0.15) is 19.4 Å². The molecule has 2 aliphatic heterocycles. The number of ether oxygens (including phenoxy) is 2. The van der Waals surface area contributed by atoms with Gasteiger partial charge in [0.15, 0.2) is 0 Å². The minimum atomic E-state index is -0.994. The van der Waals surface area contributed by atoms with Crippen LogP contribution in [-0.4, -0.2) is 49.1 Å². The third-order valence-corrected chi connectivity index (χ3v) is 5.32. The molecule has 2 amide bonds.